The molecule has 2 heterocycles. The highest BCUT2D eigenvalue weighted by atomic mass is 16.5. The highest BCUT2D eigenvalue weighted by Crippen LogP contribution is 2.40. The van der Waals surface area contributed by atoms with Gasteiger partial charge in [-0.2, -0.15) is 0 Å². The second kappa shape index (κ2) is 8.56. The molecule has 0 unspecified atom stereocenters. The molecule has 6 rings (SSSR count). The molecule has 2 aliphatic rings. The van der Waals surface area contributed by atoms with Crippen LogP contribution >= 0.6 is 0 Å². The fraction of sp³-hybridized carbons (Fsp3) is 0.219. The first-order valence-electron chi connectivity index (χ1n) is 12.5. The van der Waals surface area contributed by atoms with Crippen molar-refractivity contribution < 1.29 is 9.53 Å². The molecule has 180 valence electrons. The Kier molecular flexibility index (Phi) is 5.33. The van der Waals surface area contributed by atoms with E-state index < -0.39 is 0 Å². The van der Waals surface area contributed by atoms with E-state index >= 15 is 0 Å². The predicted molar refractivity (Wildman–Crippen MR) is 146 cm³/mol. The van der Waals surface area contributed by atoms with Crippen molar-refractivity contribution in [2.75, 3.05) is 16.5 Å². The van der Waals surface area contributed by atoms with Crippen LogP contribution in [0.15, 0.2) is 72.8 Å². The number of carbonyl (C=O) groups excluding carboxylic acids is 1. The minimum absolute atomic E-state index is 0.329. The topological polar surface area (TPSA) is 32.8 Å². The monoisotopic (exact) mass is 474 g/mol. The van der Waals surface area contributed by atoms with E-state index in [4.69, 9.17) is 4.74 Å². The zero-order valence-corrected chi connectivity index (χ0v) is 21.3. The average molecular weight is 475 g/mol. The molecule has 0 aromatic heterocycles. The minimum Gasteiger partial charge on any atom is -0.423 e. The normalized spacial score (nSPS) is 13.8. The van der Waals surface area contributed by atoms with Gasteiger partial charge >= 0.3 is 5.97 Å². The first-order chi connectivity index (χ1) is 17.4. The molecule has 0 saturated heterocycles. The number of fused-ring (bicyclic) bond motifs is 6. The number of anilines is 2. The van der Waals surface area contributed by atoms with Crippen molar-refractivity contribution in [3.63, 3.8) is 0 Å². The zero-order valence-electron chi connectivity index (χ0n) is 21.3. The maximum atomic E-state index is 13.4. The zero-order chi connectivity index (χ0) is 25.0. The Morgan fingerprint density at radius 2 is 1.39 bits per heavy atom. The molecule has 4 aromatic carbocycles. The van der Waals surface area contributed by atoms with Gasteiger partial charge in [-0.1, -0.05) is 42.0 Å². The van der Waals surface area contributed by atoms with Crippen LogP contribution in [0.3, 0.4) is 0 Å². The Morgan fingerprint density at radius 3 is 2.11 bits per heavy atom. The van der Waals surface area contributed by atoms with Gasteiger partial charge in [-0.3, -0.25) is 0 Å². The number of rotatable bonds is 3. The maximum absolute atomic E-state index is 13.4. The molecule has 2 aliphatic heterocycles. The van der Waals surface area contributed by atoms with E-state index in [-0.39, 0.29) is 5.97 Å². The molecule has 0 N–H and O–H groups in total. The lowest BCUT2D eigenvalue weighted by Crippen LogP contribution is -2.46. The van der Waals surface area contributed by atoms with Gasteiger partial charge in [0, 0.05) is 24.5 Å². The summed E-state index contributed by atoms with van der Waals surface area (Å²) in [6, 6.07) is 25.1. The van der Waals surface area contributed by atoms with Crippen molar-refractivity contribution in [3.8, 4) is 16.9 Å². The van der Waals surface area contributed by atoms with E-state index in [1.807, 2.05) is 38.1 Å². The lowest BCUT2D eigenvalue weighted by molar-refractivity contribution is 0.0735. The SMILES string of the molecule is Cc1cc(C)cc(OC(=O)c2cccc(C)c2-c2ccc3c(c2)CN2CN3Cc3cc(C)ccc32)c1. The van der Waals surface area contributed by atoms with Gasteiger partial charge in [-0.05, 0) is 103 Å². The number of carbonyl (C=O) groups is 1. The van der Waals surface area contributed by atoms with Crippen molar-refractivity contribution in [1.29, 1.82) is 0 Å². The summed E-state index contributed by atoms with van der Waals surface area (Å²) < 4.78 is 5.85. The van der Waals surface area contributed by atoms with Crippen LogP contribution in [0.25, 0.3) is 11.1 Å². The van der Waals surface area contributed by atoms with E-state index in [1.54, 1.807) is 0 Å². The number of aryl methyl sites for hydroxylation is 4. The van der Waals surface area contributed by atoms with Crippen LogP contribution in [0.1, 0.15) is 43.7 Å². The van der Waals surface area contributed by atoms with Crippen LogP contribution in [0.5, 0.6) is 5.75 Å². The van der Waals surface area contributed by atoms with Gasteiger partial charge in [-0.25, -0.2) is 4.79 Å². The van der Waals surface area contributed by atoms with E-state index in [0.29, 0.717) is 11.3 Å². The summed E-state index contributed by atoms with van der Waals surface area (Å²) in [6.45, 7) is 10.9. The van der Waals surface area contributed by atoms with Crippen LogP contribution in [0, 0.1) is 27.7 Å². The molecule has 36 heavy (non-hydrogen) atoms. The summed E-state index contributed by atoms with van der Waals surface area (Å²) in [5.74, 6) is 0.253. The Morgan fingerprint density at radius 1 is 0.722 bits per heavy atom. The summed E-state index contributed by atoms with van der Waals surface area (Å²) in [4.78, 5) is 18.2. The van der Waals surface area contributed by atoms with Gasteiger partial charge in [0.2, 0.25) is 0 Å². The molecule has 0 fully saturated rings. The molecule has 4 nitrogen and oxygen atoms in total. The number of hydrogen-bond acceptors (Lipinski definition) is 4. The Labute approximate surface area is 212 Å². The van der Waals surface area contributed by atoms with Gasteiger partial charge in [0.25, 0.3) is 0 Å². The summed E-state index contributed by atoms with van der Waals surface area (Å²) in [6.07, 6.45) is 0. The van der Waals surface area contributed by atoms with Gasteiger partial charge in [-0.15, -0.1) is 0 Å². The lowest BCUT2D eigenvalue weighted by Gasteiger charge is -2.45. The van der Waals surface area contributed by atoms with Gasteiger partial charge in [0.15, 0.2) is 0 Å². The standard InChI is InChI=1S/C32H30N2O2/c1-20-8-10-29-25(13-20)17-33-19-34(29)18-26-16-24(9-11-30(26)33)31-23(4)6-5-7-28(31)32(35)36-27-14-21(2)12-22(3)15-27/h5-16H,17-19H2,1-4H3. The van der Waals surface area contributed by atoms with E-state index in [9.17, 15) is 4.79 Å². The van der Waals surface area contributed by atoms with Crippen molar-refractivity contribution in [2.24, 2.45) is 0 Å². The third kappa shape index (κ3) is 3.93. The highest BCUT2D eigenvalue weighted by molar-refractivity contribution is 5.99. The Hall–Kier alpha value is -4.05. The second-order valence-corrected chi connectivity index (χ2v) is 10.2. The maximum Gasteiger partial charge on any atom is 0.344 e. The number of esters is 1. The first-order valence-corrected chi connectivity index (χ1v) is 12.5. The third-order valence-electron chi connectivity index (χ3n) is 7.25. The summed E-state index contributed by atoms with van der Waals surface area (Å²) >= 11 is 0. The van der Waals surface area contributed by atoms with E-state index in [0.717, 1.165) is 47.6 Å². The van der Waals surface area contributed by atoms with Crippen LogP contribution in [-0.4, -0.2) is 12.6 Å². The molecule has 0 saturated carbocycles. The smallest absolute Gasteiger partial charge is 0.344 e. The van der Waals surface area contributed by atoms with Crippen molar-refractivity contribution >= 4 is 17.3 Å². The Bertz CT molecular complexity index is 1500. The lowest BCUT2D eigenvalue weighted by atomic mass is 9.92. The fourth-order valence-electron chi connectivity index (χ4n) is 5.74. The van der Waals surface area contributed by atoms with Crippen LogP contribution in [0.4, 0.5) is 11.4 Å². The molecular formula is C32H30N2O2. The van der Waals surface area contributed by atoms with Crippen LogP contribution in [-0.2, 0) is 13.1 Å². The molecule has 0 radical (unpaired) electrons. The molecule has 0 atom stereocenters. The molecule has 0 spiro atoms. The molecule has 0 amide bonds. The van der Waals surface area contributed by atoms with Gasteiger partial charge < -0.3 is 14.5 Å². The quantitative estimate of drug-likeness (QED) is 0.234. The van der Waals surface area contributed by atoms with Crippen molar-refractivity contribution in [1.82, 2.24) is 0 Å². The minimum atomic E-state index is -0.329. The fourth-order valence-corrected chi connectivity index (χ4v) is 5.74. The molecule has 4 heteroatoms. The Balaban J connectivity index is 1.36. The highest BCUT2D eigenvalue weighted by Gasteiger charge is 2.30. The largest absolute Gasteiger partial charge is 0.423 e. The predicted octanol–water partition coefficient (Wildman–Crippen LogP) is 7.10. The third-order valence-corrected chi connectivity index (χ3v) is 7.25. The number of hydrogen-bond donors (Lipinski definition) is 0. The molecular weight excluding hydrogens is 444 g/mol. The number of nitrogens with zero attached hydrogens (tertiary/aromatic N) is 2. The van der Waals surface area contributed by atoms with Crippen LogP contribution < -0.4 is 14.5 Å². The number of ether oxygens (including phenoxy) is 1. The average Bonchev–Trinajstić information content (AvgIpc) is 2.82. The van der Waals surface area contributed by atoms with E-state index in [2.05, 4.69) is 72.2 Å². The van der Waals surface area contributed by atoms with Gasteiger partial charge in [0.05, 0.1) is 12.2 Å². The molecule has 2 bridgehead atoms. The second-order valence-electron chi connectivity index (χ2n) is 10.2. The summed E-state index contributed by atoms with van der Waals surface area (Å²) in [5.41, 5.74) is 12.3. The number of benzene rings is 4. The van der Waals surface area contributed by atoms with Gasteiger partial charge in [0.1, 0.15) is 5.75 Å². The van der Waals surface area contributed by atoms with Crippen molar-refractivity contribution in [3.05, 3.63) is 112 Å². The van der Waals surface area contributed by atoms with E-state index in [1.165, 1.54) is 28.1 Å². The summed E-state index contributed by atoms with van der Waals surface area (Å²) in [5, 5.41) is 0. The molecule has 0 aliphatic carbocycles. The van der Waals surface area contributed by atoms with Crippen molar-refractivity contribution in [2.45, 2.75) is 40.8 Å². The molecule has 4 aromatic rings. The van der Waals surface area contributed by atoms with Crippen LogP contribution in [0.2, 0.25) is 0 Å². The first kappa shape index (κ1) is 22.4. The summed E-state index contributed by atoms with van der Waals surface area (Å²) in [7, 11) is 0.